The van der Waals surface area contributed by atoms with E-state index in [-0.39, 0.29) is 0 Å². The van der Waals surface area contributed by atoms with Crippen LogP contribution in [0.15, 0.2) is 18.3 Å². The highest BCUT2D eigenvalue weighted by molar-refractivity contribution is 5.83. The van der Waals surface area contributed by atoms with Crippen molar-refractivity contribution in [2.75, 3.05) is 17.2 Å². The third kappa shape index (κ3) is 3.61. The van der Waals surface area contributed by atoms with Gasteiger partial charge < -0.3 is 10.1 Å². The Labute approximate surface area is 107 Å². The van der Waals surface area contributed by atoms with Crippen LogP contribution < -0.4 is 10.6 Å². The van der Waals surface area contributed by atoms with Gasteiger partial charge in [0.05, 0.1) is 18.5 Å². The van der Waals surface area contributed by atoms with E-state index in [1.807, 2.05) is 6.07 Å². The van der Waals surface area contributed by atoms with Crippen molar-refractivity contribution in [3.05, 3.63) is 18.3 Å². The summed E-state index contributed by atoms with van der Waals surface area (Å²) < 4.78 is 4.78. The zero-order valence-electron chi connectivity index (χ0n) is 10.6. The highest BCUT2D eigenvalue weighted by Gasteiger charge is 2.14. The molecule has 0 spiro atoms. The highest BCUT2D eigenvalue weighted by Crippen LogP contribution is 2.22. The van der Waals surface area contributed by atoms with Gasteiger partial charge in [-0.3, -0.25) is 5.32 Å². The van der Waals surface area contributed by atoms with Crippen molar-refractivity contribution in [2.24, 2.45) is 0 Å². The van der Waals surface area contributed by atoms with Crippen LogP contribution in [0, 0.1) is 0 Å². The normalized spacial score (nSPS) is 15.4. The van der Waals surface area contributed by atoms with Crippen molar-refractivity contribution in [3.63, 3.8) is 0 Å². The van der Waals surface area contributed by atoms with Crippen LogP contribution in [-0.2, 0) is 4.74 Å². The number of rotatable bonds is 4. The fourth-order valence-corrected chi connectivity index (χ4v) is 2.13. The molecule has 0 unspecified atom stereocenters. The number of nitrogens with zero attached hydrogens (tertiary/aromatic N) is 1. The van der Waals surface area contributed by atoms with Crippen LogP contribution in [0.4, 0.5) is 16.3 Å². The highest BCUT2D eigenvalue weighted by atomic mass is 16.5. The van der Waals surface area contributed by atoms with Crippen molar-refractivity contribution in [1.82, 2.24) is 4.98 Å². The lowest BCUT2D eigenvalue weighted by Gasteiger charge is -2.13. The van der Waals surface area contributed by atoms with E-state index in [0.29, 0.717) is 18.5 Å². The summed E-state index contributed by atoms with van der Waals surface area (Å²) >= 11 is 0. The SMILES string of the molecule is CCOC(=O)Nc1ccc(NC2CCCC2)cn1. The van der Waals surface area contributed by atoms with E-state index in [4.69, 9.17) is 4.74 Å². The Bertz CT molecular complexity index is 386. The number of nitrogens with one attached hydrogen (secondary N) is 2. The number of ether oxygens (including phenoxy) is 1. The number of amides is 1. The van der Waals surface area contributed by atoms with Gasteiger partial charge >= 0.3 is 6.09 Å². The van der Waals surface area contributed by atoms with Crippen LogP contribution in [0.2, 0.25) is 0 Å². The number of hydrogen-bond donors (Lipinski definition) is 2. The minimum atomic E-state index is -0.471. The first-order valence-corrected chi connectivity index (χ1v) is 6.44. The Hall–Kier alpha value is -1.78. The smallest absolute Gasteiger partial charge is 0.412 e. The van der Waals surface area contributed by atoms with Crippen molar-refractivity contribution < 1.29 is 9.53 Å². The third-order valence-corrected chi connectivity index (χ3v) is 3.00. The standard InChI is InChI=1S/C13H19N3O2/c1-2-18-13(17)16-12-8-7-11(9-14-12)15-10-5-3-4-6-10/h7-10,15H,2-6H2,1H3,(H,14,16,17). The average molecular weight is 249 g/mol. The minimum Gasteiger partial charge on any atom is -0.450 e. The van der Waals surface area contributed by atoms with Crippen LogP contribution >= 0.6 is 0 Å². The van der Waals surface area contributed by atoms with Gasteiger partial charge in [0, 0.05) is 6.04 Å². The van der Waals surface area contributed by atoms with Gasteiger partial charge in [-0.05, 0) is 31.9 Å². The first-order chi connectivity index (χ1) is 8.78. The summed E-state index contributed by atoms with van der Waals surface area (Å²) in [7, 11) is 0. The van der Waals surface area contributed by atoms with E-state index in [0.717, 1.165) is 5.69 Å². The van der Waals surface area contributed by atoms with Crippen molar-refractivity contribution in [1.29, 1.82) is 0 Å². The molecule has 0 bridgehead atoms. The maximum Gasteiger partial charge on any atom is 0.412 e. The summed E-state index contributed by atoms with van der Waals surface area (Å²) in [6, 6.07) is 4.26. The Balaban J connectivity index is 1.86. The van der Waals surface area contributed by atoms with E-state index in [1.54, 1.807) is 19.2 Å². The molecule has 0 atom stereocenters. The van der Waals surface area contributed by atoms with Crippen LogP contribution in [0.3, 0.4) is 0 Å². The molecule has 0 aromatic carbocycles. The lowest BCUT2D eigenvalue weighted by Crippen LogP contribution is -2.16. The molecular weight excluding hydrogens is 230 g/mol. The molecule has 0 radical (unpaired) electrons. The van der Waals surface area contributed by atoms with Gasteiger partial charge in [0.25, 0.3) is 0 Å². The summed E-state index contributed by atoms with van der Waals surface area (Å²) in [6.45, 7) is 2.12. The second-order valence-electron chi connectivity index (χ2n) is 4.40. The molecule has 1 aliphatic rings. The van der Waals surface area contributed by atoms with Crippen LogP contribution in [0.25, 0.3) is 0 Å². The van der Waals surface area contributed by atoms with Gasteiger partial charge in [0.15, 0.2) is 0 Å². The number of pyridine rings is 1. The van der Waals surface area contributed by atoms with E-state index in [9.17, 15) is 4.79 Å². The molecule has 5 heteroatoms. The summed E-state index contributed by atoms with van der Waals surface area (Å²) in [5, 5.41) is 6.00. The van der Waals surface area contributed by atoms with E-state index in [2.05, 4.69) is 15.6 Å². The number of aromatic nitrogens is 1. The average Bonchev–Trinajstić information content (AvgIpc) is 2.85. The van der Waals surface area contributed by atoms with Gasteiger partial charge in [-0.1, -0.05) is 12.8 Å². The number of anilines is 2. The summed E-state index contributed by atoms with van der Waals surface area (Å²) in [5.74, 6) is 0.505. The fraction of sp³-hybridized carbons (Fsp3) is 0.538. The Morgan fingerprint density at radius 1 is 1.44 bits per heavy atom. The van der Waals surface area contributed by atoms with E-state index < -0.39 is 6.09 Å². The number of carbonyl (C=O) groups excluding carboxylic acids is 1. The summed E-state index contributed by atoms with van der Waals surface area (Å²) in [4.78, 5) is 15.4. The summed E-state index contributed by atoms with van der Waals surface area (Å²) in [5.41, 5.74) is 0.997. The molecule has 98 valence electrons. The van der Waals surface area contributed by atoms with Gasteiger partial charge in [0.2, 0.25) is 0 Å². The second-order valence-corrected chi connectivity index (χ2v) is 4.40. The molecule has 1 fully saturated rings. The predicted octanol–water partition coefficient (Wildman–Crippen LogP) is 3.00. The monoisotopic (exact) mass is 249 g/mol. The van der Waals surface area contributed by atoms with Gasteiger partial charge in [0.1, 0.15) is 5.82 Å². The van der Waals surface area contributed by atoms with Gasteiger partial charge in [-0.2, -0.15) is 0 Å². The molecule has 5 nitrogen and oxygen atoms in total. The fourth-order valence-electron chi connectivity index (χ4n) is 2.13. The number of carbonyl (C=O) groups is 1. The molecule has 2 N–H and O–H groups in total. The predicted molar refractivity (Wildman–Crippen MR) is 70.8 cm³/mol. The van der Waals surface area contributed by atoms with Crippen LogP contribution in [0.5, 0.6) is 0 Å². The molecule has 2 rings (SSSR count). The zero-order valence-corrected chi connectivity index (χ0v) is 10.6. The van der Waals surface area contributed by atoms with Crippen molar-refractivity contribution in [3.8, 4) is 0 Å². The van der Waals surface area contributed by atoms with Gasteiger partial charge in [-0.25, -0.2) is 9.78 Å². The van der Waals surface area contributed by atoms with Crippen molar-refractivity contribution >= 4 is 17.6 Å². The molecule has 1 aromatic heterocycles. The first kappa shape index (κ1) is 12.7. The van der Waals surface area contributed by atoms with Crippen LogP contribution in [0.1, 0.15) is 32.6 Å². The Morgan fingerprint density at radius 2 is 2.22 bits per heavy atom. The molecule has 1 saturated carbocycles. The molecule has 1 aliphatic carbocycles. The molecule has 0 aliphatic heterocycles. The lowest BCUT2D eigenvalue weighted by molar-refractivity contribution is 0.168. The topological polar surface area (TPSA) is 63.2 Å². The molecule has 18 heavy (non-hydrogen) atoms. The molecule has 1 amide bonds. The Kier molecular flexibility index (Phi) is 4.39. The largest absolute Gasteiger partial charge is 0.450 e. The van der Waals surface area contributed by atoms with E-state index in [1.165, 1.54) is 25.7 Å². The maximum atomic E-state index is 11.2. The minimum absolute atomic E-state index is 0.354. The maximum absolute atomic E-state index is 11.2. The lowest BCUT2D eigenvalue weighted by atomic mass is 10.2. The third-order valence-electron chi connectivity index (χ3n) is 3.00. The quantitative estimate of drug-likeness (QED) is 0.861. The molecule has 1 heterocycles. The number of hydrogen-bond acceptors (Lipinski definition) is 4. The van der Waals surface area contributed by atoms with Crippen LogP contribution in [-0.4, -0.2) is 23.7 Å². The Morgan fingerprint density at radius 3 is 2.83 bits per heavy atom. The molecule has 1 aromatic rings. The molecular formula is C13H19N3O2. The first-order valence-electron chi connectivity index (χ1n) is 6.44. The van der Waals surface area contributed by atoms with Gasteiger partial charge in [-0.15, -0.1) is 0 Å². The molecule has 0 saturated heterocycles. The second kappa shape index (κ2) is 6.23. The van der Waals surface area contributed by atoms with Crippen molar-refractivity contribution in [2.45, 2.75) is 38.6 Å². The zero-order chi connectivity index (χ0) is 12.8. The van der Waals surface area contributed by atoms with E-state index >= 15 is 0 Å². The summed E-state index contributed by atoms with van der Waals surface area (Å²) in [6.07, 6.45) is 6.31.